The summed E-state index contributed by atoms with van der Waals surface area (Å²) < 4.78 is 7.32. The second-order valence-corrected chi connectivity index (χ2v) is 5.75. The largest absolute Gasteiger partial charge is 0.377 e. The van der Waals surface area contributed by atoms with Gasteiger partial charge in [0.15, 0.2) is 4.77 Å². The Morgan fingerprint density at radius 1 is 1.59 bits per heavy atom. The van der Waals surface area contributed by atoms with E-state index in [1.54, 1.807) is 11.7 Å². The van der Waals surface area contributed by atoms with Gasteiger partial charge in [0.25, 0.3) is 5.56 Å². The van der Waals surface area contributed by atoms with Crippen molar-refractivity contribution in [2.75, 3.05) is 7.11 Å². The van der Waals surface area contributed by atoms with Gasteiger partial charge in [-0.2, -0.15) is 0 Å². The molecule has 6 heteroatoms. The Labute approximate surface area is 108 Å². The van der Waals surface area contributed by atoms with Gasteiger partial charge in [0.2, 0.25) is 0 Å². The lowest BCUT2D eigenvalue weighted by Crippen LogP contribution is -2.35. The van der Waals surface area contributed by atoms with Crippen LogP contribution in [-0.4, -0.2) is 22.3 Å². The number of nitrogens with one attached hydrogen (secondary N) is 1. The summed E-state index contributed by atoms with van der Waals surface area (Å²) in [5, 5.41) is 2.55. The van der Waals surface area contributed by atoms with Crippen molar-refractivity contribution in [2.45, 2.75) is 26.0 Å². The van der Waals surface area contributed by atoms with E-state index in [9.17, 15) is 4.79 Å². The summed E-state index contributed by atoms with van der Waals surface area (Å²) in [6, 6.07) is 1.81. The summed E-state index contributed by atoms with van der Waals surface area (Å²) in [5.41, 5.74) is -0.482. The maximum atomic E-state index is 12.2. The smallest absolute Gasteiger partial charge is 0.263 e. The number of ether oxygens (including phenoxy) is 1. The van der Waals surface area contributed by atoms with Crippen molar-refractivity contribution >= 4 is 33.8 Å². The Balaban J connectivity index is 2.62. The predicted octanol–water partition coefficient (Wildman–Crippen LogP) is 2.55. The molecule has 17 heavy (non-hydrogen) atoms. The van der Waals surface area contributed by atoms with Crippen LogP contribution in [-0.2, 0) is 11.3 Å². The van der Waals surface area contributed by atoms with E-state index < -0.39 is 5.60 Å². The van der Waals surface area contributed by atoms with E-state index in [-0.39, 0.29) is 5.56 Å². The Kier molecular flexibility index (Phi) is 3.20. The second kappa shape index (κ2) is 4.36. The number of aromatic nitrogens is 2. The number of hydrogen-bond donors (Lipinski definition) is 1. The van der Waals surface area contributed by atoms with E-state index in [0.29, 0.717) is 16.7 Å². The van der Waals surface area contributed by atoms with Crippen LogP contribution in [0.2, 0.25) is 0 Å². The molecule has 0 aliphatic heterocycles. The van der Waals surface area contributed by atoms with Crippen molar-refractivity contribution in [2.24, 2.45) is 0 Å². The maximum absolute atomic E-state index is 12.2. The minimum absolute atomic E-state index is 0.0601. The first-order valence-electron chi connectivity index (χ1n) is 5.20. The van der Waals surface area contributed by atoms with Gasteiger partial charge in [-0.3, -0.25) is 9.36 Å². The van der Waals surface area contributed by atoms with Crippen molar-refractivity contribution in [3.63, 3.8) is 0 Å². The molecule has 0 unspecified atom stereocenters. The summed E-state index contributed by atoms with van der Waals surface area (Å²) >= 11 is 6.69. The van der Waals surface area contributed by atoms with E-state index in [2.05, 4.69) is 4.98 Å². The van der Waals surface area contributed by atoms with Crippen LogP contribution in [0.4, 0.5) is 0 Å². The van der Waals surface area contributed by atoms with Gasteiger partial charge in [0, 0.05) is 7.11 Å². The normalized spacial score (nSPS) is 12.2. The zero-order chi connectivity index (χ0) is 12.6. The summed E-state index contributed by atoms with van der Waals surface area (Å²) in [7, 11) is 1.63. The van der Waals surface area contributed by atoms with E-state index in [0.717, 1.165) is 4.83 Å². The molecule has 0 saturated heterocycles. The molecule has 0 amide bonds. The molecule has 1 N–H and O–H groups in total. The lowest BCUT2D eigenvalue weighted by molar-refractivity contribution is 0.00696. The van der Waals surface area contributed by atoms with Crippen molar-refractivity contribution < 1.29 is 4.74 Å². The monoisotopic (exact) mass is 270 g/mol. The highest BCUT2D eigenvalue weighted by atomic mass is 32.1. The molecule has 0 aliphatic carbocycles. The topological polar surface area (TPSA) is 47.0 Å². The van der Waals surface area contributed by atoms with Crippen molar-refractivity contribution in [1.29, 1.82) is 0 Å². The van der Waals surface area contributed by atoms with Crippen LogP contribution >= 0.6 is 23.6 Å². The predicted molar refractivity (Wildman–Crippen MR) is 72.4 cm³/mol. The Morgan fingerprint density at radius 2 is 2.29 bits per heavy atom. The standard InChI is InChI=1S/C11H14N2O2S2/c1-11(2,15-3)6-13-9(14)7-4-5-17-8(7)12-10(13)16/h4-5H,6H2,1-3H3,(H,12,16). The third kappa shape index (κ3) is 2.34. The zero-order valence-corrected chi connectivity index (χ0v) is 11.6. The molecule has 0 radical (unpaired) electrons. The fourth-order valence-electron chi connectivity index (χ4n) is 1.57. The van der Waals surface area contributed by atoms with E-state index in [1.807, 2.05) is 25.3 Å². The molecule has 0 aliphatic rings. The molecular weight excluding hydrogens is 256 g/mol. The molecule has 2 aromatic heterocycles. The number of H-pyrrole nitrogens is 1. The first kappa shape index (κ1) is 12.5. The molecule has 2 aromatic rings. The van der Waals surface area contributed by atoms with Crippen LogP contribution in [0.15, 0.2) is 16.2 Å². The molecule has 2 heterocycles. The van der Waals surface area contributed by atoms with Gasteiger partial charge < -0.3 is 9.72 Å². The average molecular weight is 270 g/mol. The molecule has 92 valence electrons. The highest BCUT2D eigenvalue weighted by Crippen LogP contribution is 2.16. The average Bonchev–Trinajstić information content (AvgIpc) is 2.72. The fraction of sp³-hybridized carbons (Fsp3) is 0.455. The van der Waals surface area contributed by atoms with Crippen LogP contribution in [0.1, 0.15) is 13.8 Å². The van der Waals surface area contributed by atoms with Gasteiger partial charge in [-0.25, -0.2) is 0 Å². The summed E-state index contributed by atoms with van der Waals surface area (Å²) in [6.07, 6.45) is 0. The number of rotatable bonds is 3. The SMILES string of the molecule is COC(C)(C)Cn1c(=S)[nH]c2sccc2c1=O. The van der Waals surface area contributed by atoms with Gasteiger partial charge in [0.1, 0.15) is 4.83 Å². The van der Waals surface area contributed by atoms with E-state index in [4.69, 9.17) is 17.0 Å². The molecule has 0 atom stereocenters. The highest BCUT2D eigenvalue weighted by Gasteiger charge is 2.19. The third-order valence-corrected chi connectivity index (χ3v) is 3.85. The van der Waals surface area contributed by atoms with Gasteiger partial charge >= 0.3 is 0 Å². The number of aromatic amines is 1. The number of thiophene rings is 1. The fourth-order valence-corrected chi connectivity index (χ4v) is 2.66. The van der Waals surface area contributed by atoms with Crippen molar-refractivity contribution in [3.8, 4) is 0 Å². The molecule has 0 bridgehead atoms. The third-order valence-electron chi connectivity index (χ3n) is 2.70. The highest BCUT2D eigenvalue weighted by molar-refractivity contribution is 7.71. The molecule has 0 aromatic carbocycles. The molecule has 0 fully saturated rings. The quantitative estimate of drug-likeness (QED) is 0.872. The molecule has 0 spiro atoms. The lowest BCUT2D eigenvalue weighted by Gasteiger charge is -2.23. The van der Waals surface area contributed by atoms with Gasteiger partial charge in [0.05, 0.1) is 17.5 Å². The second-order valence-electron chi connectivity index (χ2n) is 4.45. The summed E-state index contributed by atoms with van der Waals surface area (Å²) in [5.74, 6) is 0. The van der Waals surface area contributed by atoms with Crippen LogP contribution < -0.4 is 5.56 Å². The molecular formula is C11H14N2O2S2. The first-order chi connectivity index (χ1) is 7.94. The van der Waals surface area contributed by atoms with Crippen molar-refractivity contribution in [1.82, 2.24) is 9.55 Å². The Hall–Kier alpha value is -0.980. The maximum Gasteiger partial charge on any atom is 0.263 e. The van der Waals surface area contributed by atoms with Crippen LogP contribution in [0.3, 0.4) is 0 Å². The van der Waals surface area contributed by atoms with Crippen LogP contribution in [0.5, 0.6) is 0 Å². The number of nitrogens with zero attached hydrogens (tertiary/aromatic N) is 1. The minimum Gasteiger partial charge on any atom is -0.377 e. The molecule has 2 rings (SSSR count). The summed E-state index contributed by atoms with van der Waals surface area (Å²) in [6.45, 7) is 4.28. The number of hydrogen-bond acceptors (Lipinski definition) is 4. The minimum atomic E-state index is -0.422. The van der Waals surface area contributed by atoms with E-state index >= 15 is 0 Å². The Bertz CT molecular complexity index is 651. The number of methoxy groups -OCH3 is 1. The van der Waals surface area contributed by atoms with Crippen LogP contribution in [0, 0.1) is 4.77 Å². The van der Waals surface area contributed by atoms with Gasteiger partial charge in [-0.15, -0.1) is 11.3 Å². The zero-order valence-electron chi connectivity index (χ0n) is 9.94. The van der Waals surface area contributed by atoms with Gasteiger partial charge in [-0.1, -0.05) is 0 Å². The lowest BCUT2D eigenvalue weighted by atomic mass is 10.1. The van der Waals surface area contributed by atoms with Gasteiger partial charge in [-0.05, 0) is 37.5 Å². The van der Waals surface area contributed by atoms with Crippen LogP contribution in [0.25, 0.3) is 10.2 Å². The Morgan fingerprint density at radius 3 is 2.94 bits per heavy atom. The molecule has 4 nitrogen and oxygen atoms in total. The van der Waals surface area contributed by atoms with Crippen molar-refractivity contribution in [3.05, 3.63) is 26.6 Å². The first-order valence-corrected chi connectivity index (χ1v) is 6.49. The van der Waals surface area contributed by atoms with E-state index in [1.165, 1.54) is 11.3 Å². The number of fused-ring (bicyclic) bond motifs is 1. The summed E-state index contributed by atoms with van der Waals surface area (Å²) in [4.78, 5) is 16.1. The molecule has 0 saturated carbocycles.